The fraction of sp³-hybridized carbons (Fsp3) is 0.697. The Hall–Kier alpha value is -3.00. The molecule has 2 saturated heterocycles. The van der Waals surface area contributed by atoms with Crippen molar-refractivity contribution in [1.29, 1.82) is 5.26 Å². The molecule has 15 nitrogen and oxygen atoms in total. The van der Waals surface area contributed by atoms with Crippen molar-refractivity contribution < 1.29 is 55.3 Å². The number of carbonyl (C=O) groups excluding carboxylic acids is 2. The highest BCUT2D eigenvalue weighted by Crippen LogP contribution is 2.46. The summed E-state index contributed by atoms with van der Waals surface area (Å²) in [6, 6.07) is 3.39. The number of nitrogens with zero attached hydrogens (tertiary/aromatic N) is 3. The Bertz CT molecular complexity index is 1780. The maximum absolute atomic E-state index is 13.5. The molecule has 2 aromatic rings. The summed E-state index contributed by atoms with van der Waals surface area (Å²) in [7, 11) is -9.20. The van der Waals surface area contributed by atoms with Crippen molar-refractivity contribution in [2.45, 2.75) is 127 Å². The van der Waals surface area contributed by atoms with Crippen molar-refractivity contribution in [3.05, 3.63) is 23.0 Å². The molecule has 1 unspecified atom stereocenters. The van der Waals surface area contributed by atoms with Crippen molar-refractivity contribution in [1.82, 2.24) is 9.55 Å². The summed E-state index contributed by atoms with van der Waals surface area (Å²) in [6.45, 7) is 1.29. The third-order valence-electron chi connectivity index (χ3n) is 9.37. The smallest absolute Gasteiger partial charge is 0.438 e. The van der Waals surface area contributed by atoms with Gasteiger partial charge in [-0.25, -0.2) is 22.6 Å². The normalized spacial score (nSPS) is 25.1. The molecule has 5 atom stereocenters. The number of aromatic nitrogens is 2. The van der Waals surface area contributed by atoms with Crippen molar-refractivity contribution >= 4 is 57.9 Å². The topological polar surface area (TPSA) is 205 Å². The van der Waals surface area contributed by atoms with E-state index in [2.05, 4.69) is 17.2 Å². The first-order chi connectivity index (χ1) is 24.8. The number of unbranched alkanes of at least 4 members (excludes halogenated alkanes) is 9. The van der Waals surface area contributed by atoms with E-state index in [1.807, 2.05) is 6.07 Å². The number of esters is 1. The van der Waals surface area contributed by atoms with E-state index in [9.17, 15) is 37.1 Å². The van der Waals surface area contributed by atoms with Crippen LogP contribution in [-0.2, 0) is 42.7 Å². The quantitative estimate of drug-likeness (QED) is 0.0446. The Labute approximate surface area is 306 Å². The Kier molecular flexibility index (Phi) is 13.8. The van der Waals surface area contributed by atoms with Crippen molar-refractivity contribution in [3.8, 4) is 6.07 Å². The molecule has 2 aliphatic heterocycles. The number of halogens is 2. The third-order valence-corrected chi connectivity index (χ3v) is 13.9. The van der Waals surface area contributed by atoms with E-state index in [-0.39, 0.29) is 41.7 Å². The molecule has 0 amide bonds. The van der Waals surface area contributed by atoms with Gasteiger partial charge in [-0.3, -0.25) is 13.9 Å². The van der Waals surface area contributed by atoms with E-state index in [0.29, 0.717) is 17.5 Å². The number of hydrogen-bond donors (Lipinski definition) is 2. The molecule has 2 aromatic heterocycles. The first kappa shape index (κ1) is 40.2. The fourth-order valence-electron chi connectivity index (χ4n) is 6.64. The molecule has 288 valence electrons. The van der Waals surface area contributed by atoms with Gasteiger partial charge in [0, 0.05) is 24.0 Å². The van der Waals surface area contributed by atoms with E-state index in [0.717, 1.165) is 25.7 Å². The molecule has 5 rings (SSSR count). The third kappa shape index (κ3) is 10.4. The van der Waals surface area contributed by atoms with Gasteiger partial charge in [0.1, 0.15) is 29.6 Å². The lowest BCUT2D eigenvalue weighted by molar-refractivity contribution is -0.150. The zero-order valence-electron chi connectivity index (χ0n) is 28.9. The Morgan fingerprint density at radius 2 is 1.81 bits per heavy atom. The molecule has 1 saturated carbocycles. The zero-order valence-corrected chi connectivity index (χ0v) is 31.4. The molecule has 3 fully saturated rings. The molecule has 52 heavy (non-hydrogen) atoms. The predicted molar refractivity (Wildman–Crippen MR) is 187 cm³/mol. The summed E-state index contributed by atoms with van der Waals surface area (Å²) in [5.41, 5.74) is -0.722. The van der Waals surface area contributed by atoms with Crippen molar-refractivity contribution in [2.24, 2.45) is 0 Å². The average Bonchev–Trinajstić information content (AvgIpc) is 3.73. The highest BCUT2D eigenvalue weighted by molar-refractivity contribution is 7.97. The van der Waals surface area contributed by atoms with E-state index < -0.39 is 78.3 Å². The molecule has 3 aliphatic rings. The summed E-state index contributed by atoms with van der Waals surface area (Å²) in [4.78, 5) is 38.8. The maximum atomic E-state index is 13.5. The highest BCUT2D eigenvalue weighted by atomic mass is 35.5. The van der Waals surface area contributed by atoms with Crippen LogP contribution in [0.15, 0.2) is 12.3 Å². The first-order valence-electron chi connectivity index (χ1n) is 17.7. The minimum absolute atomic E-state index is 0.0542. The van der Waals surface area contributed by atoms with Crippen LogP contribution in [-0.4, -0.2) is 83.6 Å². The monoisotopic (exact) mass is 790 g/mol. The van der Waals surface area contributed by atoms with Crippen LogP contribution in [0.3, 0.4) is 0 Å². The van der Waals surface area contributed by atoms with E-state index >= 15 is 0 Å². The number of sulfone groups is 1. The SMILES string of the molecule is CCCCCCCCCCCCC(=O)OCOP(=O)(O)CS(=O)(=O)C[C@H]1O[C@@H](n2ccc3c(NC4CC(F)C4)c(C#N)c(Cl)nc32)[C@@H]2OC(=O)O[C@@H]21. The number of rotatable bonds is 21. The van der Waals surface area contributed by atoms with Gasteiger partial charge in [-0.15, -0.1) is 0 Å². The molecule has 0 bridgehead atoms. The fourth-order valence-corrected chi connectivity index (χ4v) is 10.6. The Morgan fingerprint density at radius 1 is 1.15 bits per heavy atom. The largest absolute Gasteiger partial charge is 0.509 e. The van der Waals surface area contributed by atoms with Gasteiger partial charge in [0.15, 0.2) is 38.9 Å². The second-order valence-electron chi connectivity index (χ2n) is 13.5. The number of pyridine rings is 1. The number of carbonyl (C=O) groups is 2. The Balaban J connectivity index is 1.13. The number of anilines is 1. The van der Waals surface area contributed by atoms with Crippen LogP contribution in [0, 0.1) is 11.3 Å². The van der Waals surface area contributed by atoms with Gasteiger partial charge in [0.05, 0.1) is 11.4 Å². The van der Waals surface area contributed by atoms with Gasteiger partial charge >= 0.3 is 19.7 Å². The number of fused-ring (bicyclic) bond motifs is 2. The Morgan fingerprint density at radius 3 is 2.46 bits per heavy atom. The van der Waals surface area contributed by atoms with Gasteiger partial charge < -0.3 is 33.7 Å². The average molecular weight is 791 g/mol. The molecule has 19 heteroatoms. The van der Waals surface area contributed by atoms with Gasteiger partial charge in [0.25, 0.3) is 0 Å². The zero-order chi connectivity index (χ0) is 37.5. The summed E-state index contributed by atoms with van der Waals surface area (Å²) < 4.78 is 80.2. The minimum Gasteiger partial charge on any atom is -0.438 e. The summed E-state index contributed by atoms with van der Waals surface area (Å²) in [6.07, 6.45) is 6.17. The number of nitrogens with one attached hydrogen (secondary N) is 1. The van der Waals surface area contributed by atoms with Crippen LogP contribution in [0.1, 0.15) is 102 Å². The number of nitriles is 1. The van der Waals surface area contributed by atoms with Gasteiger partial charge in [-0.05, 0) is 25.3 Å². The summed E-state index contributed by atoms with van der Waals surface area (Å²) in [5.74, 6) is -1.48. The molecule has 1 aliphatic carbocycles. The molecule has 0 spiro atoms. The van der Waals surface area contributed by atoms with Crippen LogP contribution in [0.25, 0.3) is 11.0 Å². The molecular formula is C33H45ClFN4O11PS. The highest BCUT2D eigenvalue weighted by Gasteiger charge is 2.56. The van der Waals surface area contributed by atoms with Crippen molar-refractivity contribution in [2.75, 3.05) is 23.4 Å². The standard InChI is InChI=1S/C33H45ClFN4O11PS/c1-2-3-4-5-6-7-8-9-10-11-12-26(40)46-19-47-51(42,43)20-52(44,45)18-25-28-29(50-33(41)49-28)32(48-25)39-14-13-23-27(37-22-15-21(35)16-22)24(17-36)30(34)38-31(23)39/h13-14,21-22,25,28-29,32H,2-12,15-16,18-20H2,1H3,(H,37,38)(H,42,43)/t21?,22?,25-,28-,29-,32-/m1/s1. The van der Waals surface area contributed by atoms with Crippen LogP contribution in [0.4, 0.5) is 14.9 Å². The lowest BCUT2D eigenvalue weighted by Gasteiger charge is -2.31. The maximum Gasteiger partial charge on any atom is 0.509 e. The number of ether oxygens (including phenoxy) is 4. The van der Waals surface area contributed by atoms with Crippen LogP contribution >= 0.6 is 19.2 Å². The van der Waals surface area contributed by atoms with E-state index in [4.69, 9.17) is 35.1 Å². The summed E-state index contributed by atoms with van der Waals surface area (Å²) in [5, 5.41) is 13.2. The minimum atomic E-state index is -4.80. The molecular weight excluding hydrogens is 746 g/mol. The molecule has 2 N–H and O–H groups in total. The second kappa shape index (κ2) is 17.9. The lowest BCUT2D eigenvalue weighted by atomic mass is 9.90. The molecule has 0 radical (unpaired) electrons. The van der Waals surface area contributed by atoms with E-state index in [1.54, 1.807) is 6.07 Å². The van der Waals surface area contributed by atoms with Crippen molar-refractivity contribution in [3.63, 3.8) is 0 Å². The van der Waals surface area contributed by atoms with E-state index in [1.165, 1.54) is 42.9 Å². The lowest BCUT2D eigenvalue weighted by Crippen LogP contribution is -2.36. The number of alkyl halides is 1. The molecule has 0 aromatic carbocycles. The molecule has 4 heterocycles. The van der Waals surface area contributed by atoms with Gasteiger partial charge in [0.2, 0.25) is 6.79 Å². The van der Waals surface area contributed by atoms with Crippen LogP contribution < -0.4 is 5.32 Å². The first-order valence-corrected chi connectivity index (χ1v) is 21.6. The number of hydrogen-bond acceptors (Lipinski definition) is 13. The second-order valence-corrected chi connectivity index (χ2v) is 18.2. The van der Waals surface area contributed by atoms with Gasteiger partial charge in [-0.1, -0.05) is 76.3 Å². The van der Waals surface area contributed by atoms with Crippen LogP contribution in [0.2, 0.25) is 5.15 Å². The van der Waals surface area contributed by atoms with Gasteiger partial charge in [-0.2, -0.15) is 5.26 Å². The summed E-state index contributed by atoms with van der Waals surface area (Å²) >= 11 is 6.36. The van der Waals surface area contributed by atoms with Crippen LogP contribution in [0.5, 0.6) is 0 Å². The predicted octanol–water partition coefficient (Wildman–Crippen LogP) is 6.66.